The van der Waals surface area contributed by atoms with Crippen molar-refractivity contribution >= 4 is 28.4 Å². The van der Waals surface area contributed by atoms with Crippen LogP contribution in [0.1, 0.15) is 26.7 Å². The molecule has 0 spiro atoms. The van der Waals surface area contributed by atoms with Crippen LogP contribution in [0.4, 0.5) is 0 Å². The molecular weight excluding hydrogens is 200 g/mol. The third-order valence-corrected chi connectivity index (χ3v) is 3.54. The molecule has 0 heterocycles. The van der Waals surface area contributed by atoms with Gasteiger partial charge in [-0.3, -0.25) is 0 Å². The summed E-state index contributed by atoms with van der Waals surface area (Å²) in [6, 6.07) is 0. The first-order valence-corrected chi connectivity index (χ1v) is 6.30. The minimum absolute atomic E-state index is 0.611. The van der Waals surface area contributed by atoms with Crippen LogP contribution < -0.4 is 0 Å². The van der Waals surface area contributed by atoms with Gasteiger partial charge in [0, 0.05) is 5.92 Å². The molecule has 13 heavy (non-hydrogen) atoms. The van der Waals surface area contributed by atoms with Crippen molar-refractivity contribution in [3.63, 3.8) is 0 Å². The van der Waals surface area contributed by atoms with Crippen LogP contribution >= 0.6 is 24.0 Å². The molecule has 0 amide bonds. The van der Waals surface area contributed by atoms with Gasteiger partial charge in [0.25, 0.3) is 0 Å². The molecule has 1 rings (SSSR count). The van der Waals surface area contributed by atoms with Gasteiger partial charge in [-0.05, 0) is 31.3 Å². The molecule has 0 unspecified atom stereocenters. The topological polar surface area (TPSA) is 9.23 Å². The van der Waals surface area contributed by atoms with Crippen LogP contribution in [0.2, 0.25) is 0 Å². The lowest BCUT2D eigenvalue weighted by molar-refractivity contribution is 0.305. The summed E-state index contributed by atoms with van der Waals surface area (Å²) in [7, 11) is 0. The SMILES string of the molecule is CCC1=C(CC)C1COC(=S)SC. The summed E-state index contributed by atoms with van der Waals surface area (Å²) >= 11 is 6.48. The third kappa shape index (κ3) is 2.71. The molecular formula is C10H16OS2. The van der Waals surface area contributed by atoms with Gasteiger partial charge in [-0.1, -0.05) is 36.8 Å². The summed E-state index contributed by atoms with van der Waals surface area (Å²) < 4.78 is 6.10. The van der Waals surface area contributed by atoms with E-state index in [0.717, 1.165) is 6.61 Å². The lowest BCUT2D eigenvalue weighted by Gasteiger charge is -2.04. The lowest BCUT2D eigenvalue weighted by Crippen LogP contribution is -2.03. The van der Waals surface area contributed by atoms with Crippen molar-refractivity contribution < 1.29 is 4.74 Å². The molecule has 1 aliphatic carbocycles. The van der Waals surface area contributed by atoms with Gasteiger partial charge in [0.05, 0.1) is 0 Å². The molecule has 1 aliphatic rings. The number of thioether (sulfide) groups is 1. The van der Waals surface area contributed by atoms with E-state index in [9.17, 15) is 0 Å². The summed E-state index contributed by atoms with van der Waals surface area (Å²) in [6.07, 6.45) is 4.29. The summed E-state index contributed by atoms with van der Waals surface area (Å²) in [5.41, 5.74) is 3.18. The fourth-order valence-corrected chi connectivity index (χ4v) is 1.99. The van der Waals surface area contributed by atoms with Crippen molar-refractivity contribution in [2.45, 2.75) is 26.7 Å². The molecule has 1 nitrogen and oxygen atoms in total. The van der Waals surface area contributed by atoms with Crippen LogP contribution in [0.5, 0.6) is 0 Å². The first-order valence-electron chi connectivity index (χ1n) is 4.67. The highest BCUT2D eigenvalue weighted by molar-refractivity contribution is 8.22. The van der Waals surface area contributed by atoms with Crippen molar-refractivity contribution in [3.05, 3.63) is 11.1 Å². The second-order valence-corrected chi connectivity index (χ2v) is 4.48. The standard InChI is InChI=1S/C10H16OS2/c1-4-7-8(5-2)9(7)6-11-10(12)13-3/h9H,4-6H2,1-3H3. The summed E-state index contributed by atoms with van der Waals surface area (Å²) in [5.74, 6) is 0.611. The highest BCUT2D eigenvalue weighted by Crippen LogP contribution is 2.43. The van der Waals surface area contributed by atoms with Crippen LogP contribution in [-0.4, -0.2) is 17.2 Å². The Balaban J connectivity index is 2.24. The van der Waals surface area contributed by atoms with Gasteiger partial charge in [0.2, 0.25) is 4.38 Å². The quantitative estimate of drug-likeness (QED) is 0.526. The molecule has 3 heteroatoms. The van der Waals surface area contributed by atoms with Crippen LogP contribution in [0, 0.1) is 5.92 Å². The van der Waals surface area contributed by atoms with Crippen molar-refractivity contribution in [1.29, 1.82) is 0 Å². The van der Waals surface area contributed by atoms with Gasteiger partial charge < -0.3 is 4.74 Å². The maximum atomic E-state index is 5.43. The molecule has 0 saturated carbocycles. The van der Waals surface area contributed by atoms with Crippen molar-refractivity contribution in [3.8, 4) is 0 Å². The number of hydrogen-bond donors (Lipinski definition) is 0. The Morgan fingerprint density at radius 2 is 1.92 bits per heavy atom. The molecule has 0 bridgehead atoms. The Labute approximate surface area is 89.9 Å². The van der Waals surface area contributed by atoms with E-state index in [2.05, 4.69) is 13.8 Å². The molecule has 0 aliphatic heterocycles. The van der Waals surface area contributed by atoms with Gasteiger partial charge in [0.15, 0.2) is 0 Å². The predicted molar refractivity (Wildman–Crippen MR) is 63.2 cm³/mol. The molecule has 0 radical (unpaired) electrons. The molecule has 0 aromatic carbocycles. The van der Waals surface area contributed by atoms with Gasteiger partial charge in [-0.15, -0.1) is 0 Å². The fraction of sp³-hybridized carbons (Fsp3) is 0.700. The number of thiocarbonyl (C=S) groups is 1. The molecule has 74 valence electrons. The largest absolute Gasteiger partial charge is 0.478 e. The van der Waals surface area contributed by atoms with E-state index >= 15 is 0 Å². The Bertz CT molecular complexity index is 219. The van der Waals surface area contributed by atoms with Crippen LogP contribution in [-0.2, 0) is 4.74 Å². The zero-order valence-corrected chi connectivity index (χ0v) is 10.1. The fourth-order valence-electron chi connectivity index (χ4n) is 1.74. The minimum atomic E-state index is 0.611. The van der Waals surface area contributed by atoms with E-state index in [1.165, 1.54) is 24.6 Å². The Morgan fingerprint density at radius 3 is 2.31 bits per heavy atom. The zero-order valence-electron chi connectivity index (χ0n) is 8.42. The van der Waals surface area contributed by atoms with Crippen molar-refractivity contribution in [2.24, 2.45) is 5.92 Å². The van der Waals surface area contributed by atoms with Gasteiger partial charge in [0.1, 0.15) is 6.61 Å². The second kappa shape index (κ2) is 5.01. The van der Waals surface area contributed by atoms with E-state index in [0.29, 0.717) is 10.3 Å². The van der Waals surface area contributed by atoms with Gasteiger partial charge in [-0.25, -0.2) is 0 Å². The summed E-state index contributed by atoms with van der Waals surface area (Å²) in [5, 5.41) is 0. The Kier molecular flexibility index (Phi) is 4.26. The zero-order chi connectivity index (χ0) is 9.84. The minimum Gasteiger partial charge on any atom is -0.478 e. The molecule has 0 N–H and O–H groups in total. The Hall–Kier alpha value is -0.0200. The lowest BCUT2D eigenvalue weighted by atomic mass is 10.2. The monoisotopic (exact) mass is 216 g/mol. The molecule has 0 aromatic rings. The maximum absolute atomic E-state index is 5.43. The second-order valence-electron chi connectivity index (χ2n) is 3.08. The normalized spacial score (nSPS) is 16.2. The number of ether oxygens (including phenoxy) is 1. The first-order chi connectivity index (χ1) is 6.24. The predicted octanol–water partition coefficient (Wildman–Crippen LogP) is 3.40. The van der Waals surface area contributed by atoms with Crippen LogP contribution in [0.15, 0.2) is 11.1 Å². The number of hydrogen-bond acceptors (Lipinski definition) is 3. The van der Waals surface area contributed by atoms with Crippen LogP contribution in [0.3, 0.4) is 0 Å². The van der Waals surface area contributed by atoms with Crippen molar-refractivity contribution in [1.82, 2.24) is 0 Å². The summed E-state index contributed by atoms with van der Waals surface area (Å²) in [6.45, 7) is 5.18. The highest BCUT2D eigenvalue weighted by atomic mass is 32.2. The van der Waals surface area contributed by atoms with E-state index < -0.39 is 0 Å². The third-order valence-electron chi connectivity index (χ3n) is 2.47. The first kappa shape index (κ1) is 11.1. The van der Waals surface area contributed by atoms with E-state index in [1.54, 1.807) is 11.1 Å². The average Bonchev–Trinajstić information content (AvgIpc) is 2.86. The van der Waals surface area contributed by atoms with Crippen molar-refractivity contribution in [2.75, 3.05) is 12.9 Å². The molecule has 0 fully saturated rings. The number of rotatable bonds is 4. The molecule has 0 saturated heterocycles. The van der Waals surface area contributed by atoms with E-state index in [4.69, 9.17) is 17.0 Å². The molecule has 0 atom stereocenters. The average molecular weight is 216 g/mol. The van der Waals surface area contributed by atoms with Gasteiger partial charge in [-0.2, -0.15) is 0 Å². The smallest absolute Gasteiger partial charge is 0.219 e. The highest BCUT2D eigenvalue weighted by Gasteiger charge is 2.33. The van der Waals surface area contributed by atoms with E-state index in [1.807, 2.05) is 6.26 Å². The molecule has 0 aromatic heterocycles. The van der Waals surface area contributed by atoms with Gasteiger partial charge >= 0.3 is 0 Å². The van der Waals surface area contributed by atoms with E-state index in [-0.39, 0.29) is 0 Å². The summed E-state index contributed by atoms with van der Waals surface area (Å²) in [4.78, 5) is 0. The maximum Gasteiger partial charge on any atom is 0.219 e. The Morgan fingerprint density at radius 1 is 1.38 bits per heavy atom. The van der Waals surface area contributed by atoms with Crippen LogP contribution in [0.25, 0.3) is 0 Å².